The summed E-state index contributed by atoms with van der Waals surface area (Å²) < 4.78 is 21.5. The Balaban J connectivity index is 2.30. The lowest BCUT2D eigenvalue weighted by Crippen LogP contribution is -2.02. The molecule has 0 spiro atoms. The Kier molecular flexibility index (Phi) is 4.70. The molecule has 0 saturated heterocycles. The molecule has 0 unspecified atom stereocenters. The maximum absolute atomic E-state index is 9.25. The van der Waals surface area contributed by atoms with Crippen molar-refractivity contribution < 1.29 is 23.8 Å². The van der Waals surface area contributed by atoms with Gasteiger partial charge in [0.25, 0.3) is 0 Å². The molecule has 2 rings (SSSR count). The van der Waals surface area contributed by atoms with Crippen molar-refractivity contribution in [3.05, 3.63) is 34.7 Å². The van der Waals surface area contributed by atoms with Crippen LogP contribution in [0.5, 0.6) is 17.2 Å². The van der Waals surface area contributed by atoms with E-state index in [9.17, 15) is 5.11 Å². The Hall–Kier alpha value is -2.21. The molecule has 0 aliphatic carbocycles. The molecule has 6 nitrogen and oxygen atoms in total. The number of hydrogen-bond acceptors (Lipinski definition) is 6. The van der Waals surface area contributed by atoms with E-state index in [0.29, 0.717) is 29.4 Å². The fourth-order valence-electron chi connectivity index (χ4n) is 2.02. The van der Waals surface area contributed by atoms with Crippen molar-refractivity contribution in [2.75, 3.05) is 14.2 Å². The molecule has 0 atom stereocenters. The van der Waals surface area contributed by atoms with Crippen LogP contribution in [0.15, 0.2) is 16.7 Å². The number of ether oxygens (including phenoxy) is 3. The molecule has 0 amide bonds. The molecule has 1 N–H and O–H groups in total. The largest absolute Gasteiger partial charge is 0.493 e. The van der Waals surface area contributed by atoms with Crippen LogP contribution in [0.1, 0.15) is 22.6 Å². The van der Waals surface area contributed by atoms with Crippen molar-refractivity contribution in [1.29, 1.82) is 0 Å². The molecule has 0 aliphatic heterocycles. The normalized spacial score (nSPS) is 10.5. The van der Waals surface area contributed by atoms with Gasteiger partial charge in [0.15, 0.2) is 11.5 Å². The highest BCUT2D eigenvalue weighted by molar-refractivity contribution is 5.53. The molecule has 21 heavy (non-hydrogen) atoms. The predicted octanol–water partition coefficient (Wildman–Crippen LogP) is 2.38. The van der Waals surface area contributed by atoms with Crippen LogP contribution in [0, 0.1) is 13.8 Å². The molecular formula is C15H19NO5. The lowest BCUT2D eigenvalue weighted by molar-refractivity contribution is 0.258. The number of methoxy groups -OCH3 is 2. The lowest BCUT2D eigenvalue weighted by Gasteiger charge is -2.15. The van der Waals surface area contributed by atoms with E-state index in [1.54, 1.807) is 26.4 Å². The van der Waals surface area contributed by atoms with E-state index in [4.69, 9.17) is 18.7 Å². The third-order valence-corrected chi connectivity index (χ3v) is 3.25. The zero-order chi connectivity index (χ0) is 15.4. The Morgan fingerprint density at radius 1 is 1.14 bits per heavy atom. The monoisotopic (exact) mass is 293 g/mol. The summed E-state index contributed by atoms with van der Waals surface area (Å²) in [5, 5.41) is 13.1. The number of aliphatic hydroxyl groups excluding tert-OH is 1. The molecule has 2 aromatic rings. The van der Waals surface area contributed by atoms with E-state index < -0.39 is 0 Å². The molecule has 0 radical (unpaired) electrons. The van der Waals surface area contributed by atoms with Crippen LogP contribution < -0.4 is 14.2 Å². The van der Waals surface area contributed by atoms with E-state index in [2.05, 4.69) is 5.16 Å². The fraction of sp³-hybridized carbons (Fsp3) is 0.400. The van der Waals surface area contributed by atoms with Gasteiger partial charge in [-0.1, -0.05) is 5.16 Å². The van der Waals surface area contributed by atoms with Gasteiger partial charge >= 0.3 is 0 Å². The van der Waals surface area contributed by atoms with Crippen molar-refractivity contribution in [3.8, 4) is 17.2 Å². The summed E-state index contributed by atoms with van der Waals surface area (Å²) in [5.74, 6) is 2.21. The lowest BCUT2D eigenvalue weighted by atomic mass is 10.2. The second kappa shape index (κ2) is 6.49. The van der Waals surface area contributed by atoms with Gasteiger partial charge < -0.3 is 23.8 Å². The highest BCUT2D eigenvalue weighted by Crippen LogP contribution is 2.39. The smallest absolute Gasteiger partial charge is 0.203 e. The Labute approximate surface area is 123 Å². The first kappa shape index (κ1) is 15.2. The first-order valence-electron chi connectivity index (χ1n) is 6.51. The van der Waals surface area contributed by atoms with E-state index in [-0.39, 0.29) is 6.61 Å². The number of benzene rings is 1. The van der Waals surface area contributed by atoms with Gasteiger partial charge in [0.05, 0.1) is 32.1 Å². The van der Waals surface area contributed by atoms with Crippen molar-refractivity contribution in [2.24, 2.45) is 0 Å². The molecule has 6 heteroatoms. The van der Waals surface area contributed by atoms with E-state index in [0.717, 1.165) is 17.0 Å². The Morgan fingerprint density at radius 3 is 2.19 bits per heavy atom. The number of aromatic nitrogens is 1. The highest BCUT2D eigenvalue weighted by atomic mass is 16.5. The number of aliphatic hydroxyl groups is 1. The van der Waals surface area contributed by atoms with E-state index in [1.807, 2.05) is 13.8 Å². The molecule has 0 aliphatic rings. The van der Waals surface area contributed by atoms with Gasteiger partial charge in [-0.15, -0.1) is 0 Å². The first-order valence-corrected chi connectivity index (χ1v) is 6.51. The van der Waals surface area contributed by atoms with Crippen LogP contribution in [-0.4, -0.2) is 24.5 Å². The van der Waals surface area contributed by atoms with Crippen molar-refractivity contribution in [3.63, 3.8) is 0 Å². The van der Waals surface area contributed by atoms with Gasteiger partial charge in [0.1, 0.15) is 12.4 Å². The van der Waals surface area contributed by atoms with Crippen LogP contribution >= 0.6 is 0 Å². The van der Waals surface area contributed by atoms with Gasteiger partial charge in [-0.2, -0.15) is 0 Å². The summed E-state index contributed by atoms with van der Waals surface area (Å²) in [5.41, 5.74) is 2.37. The van der Waals surface area contributed by atoms with Gasteiger partial charge in [-0.25, -0.2) is 0 Å². The zero-order valence-corrected chi connectivity index (χ0v) is 12.6. The summed E-state index contributed by atoms with van der Waals surface area (Å²) in [7, 11) is 3.08. The van der Waals surface area contributed by atoms with E-state index in [1.165, 1.54) is 0 Å². The summed E-state index contributed by atoms with van der Waals surface area (Å²) in [6.07, 6.45) is 0. The molecule has 0 fully saturated rings. The van der Waals surface area contributed by atoms with Crippen LogP contribution in [0.25, 0.3) is 0 Å². The van der Waals surface area contributed by atoms with Crippen LogP contribution in [0.3, 0.4) is 0 Å². The Morgan fingerprint density at radius 2 is 1.76 bits per heavy atom. The molecule has 114 valence electrons. The average Bonchev–Trinajstić information content (AvgIpc) is 2.83. The minimum atomic E-state index is -0.100. The van der Waals surface area contributed by atoms with Gasteiger partial charge in [0, 0.05) is 0 Å². The van der Waals surface area contributed by atoms with E-state index >= 15 is 0 Å². The molecule has 1 aromatic heterocycles. The second-order valence-electron chi connectivity index (χ2n) is 4.58. The number of aryl methyl sites for hydroxylation is 2. The minimum Gasteiger partial charge on any atom is -0.493 e. The zero-order valence-electron chi connectivity index (χ0n) is 12.6. The van der Waals surface area contributed by atoms with Crippen molar-refractivity contribution >= 4 is 0 Å². The number of nitrogens with zero attached hydrogens (tertiary/aromatic N) is 1. The topological polar surface area (TPSA) is 74.0 Å². The molecule has 1 aromatic carbocycles. The predicted molar refractivity (Wildman–Crippen MR) is 75.8 cm³/mol. The van der Waals surface area contributed by atoms with Crippen molar-refractivity contribution in [1.82, 2.24) is 5.16 Å². The third-order valence-electron chi connectivity index (χ3n) is 3.25. The quantitative estimate of drug-likeness (QED) is 0.881. The molecule has 1 heterocycles. The van der Waals surface area contributed by atoms with Crippen LogP contribution in [0.4, 0.5) is 0 Å². The highest BCUT2D eigenvalue weighted by Gasteiger charge is 2.16. The maximum Gasteiger partial charge on any atom is 0.203 e. The fourth-order valence-corrected chi connectivity index (χ4v) is 2.02. The second-order valence-corrected chi connectivity index (χ2v) is 4.58. The first-order chi connectivity index (χ1) is 10.1. The van der Waals surface area contributed by atoms with Crippen molar-refractivity contribution in [2.45, 2.75) is 27.1 Å². The number of hydrogen-bond donors (Lipinski definition) is 1. The van der Waals surface area contributed by atoms with Gasteiger partial charge in [0.2, 0.25) is 5.75 Å². The average molecular weight is 293 g/mol. The molecular weight excluding hydrogens is 274 g/mol. The minimum absolute atomic E-state index is 0.100. The third kappa shape index (κ3) is 3.11. The number of rotatable bonds is 6. The summed E-state index contributed by atoms with van der Waals surface area (Å²) >= 11 is 0. The van der Waals surface area contributed by atoms with Crippen LogP contribution in [0.2, 0.25) is 0 Å². The summed E-state index contributed by atoms with van der Waals surface area (Å²) in [4.78, 5) is 0. The molecule has 0 bridgehead atoms. The maximum atomic E-state index is 9.25. The standard InChI is InChI=1S/C15H19NO5/c1-9-12(10(2)21-16-9)8-20-15-13(18-3)5-11(7-17)6-14(15)19-4/h5-6,17H,7-8H2,1-4H3. The summed E-state index contributed by atoms with van der Waals surface area (Å²) in [6.45, 7) is 3.89. The SMILES string of the molecule is COc1cc(CO)cc(OC)c1OCc1c(C)noc1C. The molecule has 0 saturated carbocycles. The van der Waals surface area contributed by atoms with Crippen LogP contribution in [-0.2, 0) is 13.2 Å². The Bertz CT molecular complexity index is 576. The van der Waals surface area contributed by atoms with Gasteiger partial charge in [-0.05, 0) is 31.5 Å². The van der Waals surface area contributed by atoms with Gasteiger partial charge in [-0.3, -0.25) is 0 Å². The summed E-state index contributed by atoms with van der Waals surface area (Å²) in [6, 6.07) is 3.43.